The molecule has 0 aliphatic heterocycles. The standard InChI is InChI=1S/C18H29FN4O/c1-13(24-17-8-6-5-7-15(17)19)11-21-18(20-2)22-12-16(23(3)4)14-9-10-14/h5-8,13-14,16H,9-12H2,1-4H3,(H2,20,21,22). The van der Waals surface area contributed by atoms with Crippen molar-refractivity contribution in [3.05, 3.63) is 30.1 Å². The summed E-state index contributed by atoms with van der Waals surface area (Å²) in [6.45, 7) is 3.31. The van der Waals surface area contributed by atoms with E-state index in [1.54, 1.807) is 25.2 Å². The van der Waals surface area contributed by atoms with E-state index < -0.39 is 0 Å². The molecule has 2 N–H and O–H groups in total. The monoisotopic (exact) mass is 336 g/mol. The summed E-state index contributed by atoms with van der Waals surface area (Å²) >= 11 is 0. The van der Waals surface area contributed by atoms with Gasteiger partial charge in [-0.2, -0.15) is 0 Å². The summed E-state index contributed by atoms with van der Waals surface area (Å²) in [6.07, 6.45) is 2.45. The maximum Gasteiger partial charge on any atom is 0.191 e. The summed E-state index contributed by atoms with van der Waals surface area (Å²) in [6, 6.07) is 6.97. The third-order valence-electron chi connectivity index (χ3n) is 4.25. The first-order chi connectivity index (χ1) is 11.5. The summed E-state index contributed by atoms with van der Waals surface area (Å²) in [5.74, 6) is 1.46. The van der Waals surface area contributed by atoms with E-state index in [-0.39, 0.29) is 17.7 Å². The lowest BCUT2D eigenvalue weighted by Crippen LogP contribution is -2.47. The van der Waals surface area contributed by atoms with Gasteiger partial charge in [-0.1, -0.05) is 12.1 Å². The van der Waals surface area contributed by atoms with Crippen molar-refractivity contribution in [2.75, 3.05) is 34.2 Å². The summed E-state index contributed by atoms with van der Waals surface area (Å²) in [5.41, 5.74) is 0. The highest BCUT2D eigenvalue weighted by Gasteiger charge is 2.32. The zero-order valence-corrected chi connectivity index (χ0v) is 15.1. The van der Waals surface area contributed by atoms with Gasteiger partial charge < -0.3 is 20.3 Å². The van der Waals surface area contributed by atoms with Crippen LogP contribution in [0.2, 0.25) is 0 Å². The third-order valence-corrected chi connectivity index (χ3v) is 4.25. The van der Waals surface area contributed by atoms with E-state index >= 15 is 0 Å². The highest BCUT2D eigenvalue weighted by atomic mass is 19.1. The molecule has 1 aliphatic carbocycles. The number of aliphatic imine (C=N–C) groups is 1. The number of guanidine groups is 1. The van der Waals surface area contributed by atoms with Gasteiger partial charge in [0.1, 0.15) is 6.10 Å². The summed E-state index contributed by atoms with van der Waals surface area (Å²) in [7, 11) is 5.98. The fourth-order valence-electron chi connectivity index (χ4n) is 2.71. The van der Waals surface area contributed by atoms with Crippen molar-refractivity contribution in [2.45, 2.75) is 31.9 Å². The average Bonchev–Trinajstić information content (AvgIpc) is 3.37. The minimum atomic E-state index is -0.342. The highest BCUT2D eigenvalue weighted by molar-refractivity contribution is 5.79. The molecule has 6 heteroatoms. The van der Waals surface area contributed by atoms with Crippen LogP contribution in [0.15, 0.2) is 29.3 Å². The molecular weight excluding hydrogens is 307 g/mol. The van der Waals surface area contributed by atoms with Crippen molar-refractivity contribution in [1.29, 1.82) is 0 Å². The van der Waals surface area contributed by atoms with Crippen molar-refractivity contribution < 1.29 is 9.13 Å². The molecule has 2 unspecified atom stereocenters. The fourth-order valence-corrected chi connectivity index (χ4v) is 2.71. The van der Waals surface area contributed by atoms with Crippen LogP contribution in [-0.2, 0) is 0 Å². The summed E-state index contributed by atoms with van der Waals surface area (Å²) in [5, 5.41) is 6.61. The van der Waals surface area contributed by atoms with Crippen molar-refractivity contribution in [3.8, 4) is 5.75 Å². The van der Waals surface area contributed by atoms with Crippen LogP contribution in [-0.4, -0.2) is 57.2 Å². The number of rotatable bonds is 8. The molecule has 0 amide bonds. The SMILES string of the molecule is CN=C(NCC(C)Oc1ccccc1F)NCC(C1CC1)N(C)C. The Morgan fingerprint density at radius 2 is 1.96 bits per heavy atom. The van der Waals surface area contributed by atoms with Crippen LogP contribution in [0.25, 0.3) is 0 Å². The zero-order valence-electron chi connectivity index (χ0n) is 15.1. The van der Waals surface area contributed by atoms with E-state index in [4.69, 9.17) is 4.74 Å². The smallest absolute Gasteiger partial charge is 0.191 e. The first kappa shape index (κ1) is 18.5. The summed E-state index contributed by atoms with van der Waals surface area (Å²) < 4.78 is 19.2. The molecule has 24 heavy (non-hydrogen) atoms. The third kappa shape index (κ3) is 5.67. The lowest BCUT2D eigenvalue weighted by molar-refractivity contribution is 0.213. The Bertz CT molecular complexity index is 544. The average molecular weight is 336 g/mol. The number of para-hydroxylation sites is 1. The Morgan fingerprint density at radius 3 is 2.54 bits per heavy atom. The molecule has 2 rings (SSSR count). The number of nitrogens with zero attached hydrogens (tertiary/aromatic N) is 2. The molecule has 5 nitrogen and oxygen atoms in total. The van der Waals surface area contributed by atoms with Gasteiger partial charge in [0.2, 0.25) is 0 Å². The number of benzene rings is 1. The number of ether oxygens (including phenoxy) is 1. The van der Waals surface area contributed by atoms with Gasteiger partial charge in [-0.25, -0.2) is 4.39 Å². The van der Waals surface area contributed by atoms with Crippen LogP contribution in [0, 0.1) is 11.7 Å². The Labute approximate surface area is 144 Å². The van der Waals surface area contributed by atoms with E-state index in [0.717, 1.165) is 18.4 Å². The fraction of sp³-hybridized carbons (Fsp3) is 0.611. The molecule has 0 saturated heterocycles. The van der Waals surface area contributed by atoms with Gasteiger partial charge in [0.25, 0.3) is 0 Å². The van der Waals surface area contributed by atoms with E-state index in [1.165, 1.54) is 18.9 Å². The van der Waals surface area contributed by atoms with E-state index in [2.05, 4.69) is 34.6 Å². The second-order valence-electron chi connectivity index (χ2n) is 6.56. The first-order valence-electron chi connectivity index (χ1n) is 8.53. The van der Waals surface area contributed by atoms with Crippen molar-refractivity contribution in [3.63, 3.8) is 0 Å². The molecule has 1 fully saturated rings. The predicted octanol–water partition coefficient (Wildman–Crippen LogP) is 2.10. The lowest BCUT2D eigenvalue weighted by Gasteiger charge is -2.25. The van der Waals surface area contributed by atoms with Crippen LogP contribution in [0.5, 0.6) is 5.75 Å². The molecule has 0 heterocycles. The minimum absolute atomic E-state index is 0.173. The predicted molar refractivity (Wildman–Crippen MR) is 96.1 cm³/mol. The molecule has 0 bridgehead atoms. The molecule has 2 atom stereocenters. The summed E-state index contributed by atoms with van der Waals surface area (Å²) in [4.78, 5) is 6.51. The number of hydrogen-bond acceptors (Lipinski definition) is 3. The van der Waals surface area contributed by atoms with Crippen LogP contribution < -0.4 is 15.4 Å². The number of likely N-dealkylation sites (N-methyl/N-ethyl adjacent to an activating group) is 1. The van der Waals surface area contributed by atoms with Gasteiger partial charge >= 0.3 is 0 Å². The maximum absolute atomic E-state index is 13.6. The van der Waals surface area contributed by atoms with Crippen molar-refractivity contribution in [1.82, 2.24) is 15.5 Å². The largest absolute Gasteiger partial charge is 0.486 e. The van der Waals surface area contributed by atoms with Gasteiger partial charge in [0, 0.05) is 19.6 Å². The molecule has 134 valence electrons. The Balaban J connectivity index is 1.75. The zero-order chi connectivity index (χ0) is 17.5. The van der Waals surface area contributed by atoms with E-state index in [9.17, 15) is 4.39 Å². The lowest BCUT2D eigenvalue weighted by atomic mass is 10.1. The second-order valence-corrected chi connectivity index (χ2v) is 6.56. The maximum atomic E-state index is 13.6. The molecule has 1 saturated carbocycles. The van der Waals surface area contributed by atoms with Crippen LogP contribution >= 0.6 is 0 Å². The molecule has 0 spiro atoms. The number of nitrogens with one attached hydrogen (secondary N) is 2. The quantitative estimate of drug-likeness (QED) is 0.564. The second kappa shape index (κ2) is 8.87. The van der Waals surface area contributed by atoms with Crippen molar-refractivity contribution in [2.24, 2.45) is 10.9 Å². The molecule has 0 radical (unpaired) electrons. The Morgan fingerprint density at radius 1 is 1.29 bits per heavy atom. The number of halogens is 1. The molecule has 1 aromatic rings. The topological polar surface area (TPSA) is 48.9 Å². The van der Waals surface area contributed by atoms with Crippen molar-refractivity contribution >= 4 is 5.96 Å². The van der Waals surface area contributed by atoms with Crippen LogP contribution in [0.3, 0.4) is 0 Å². The van der Waals surface area contributed by atoms with Gasteiger partial charge in [0.05, 0.1) is 6.54 Å². The van der Waals surface area contributed by atoms with Gasteiger partial charge in [-0.3, -0.25) is 4.99 Å². The highest BCUT2D eigenvalue weighted by Crippen LogP contribution is 2.34. The molecule has 0 aromatic heterocycles. The Kier molecular flexibility index (Phi) is 6.85. The Hall–Kier alpha value is -1.82. The van der Waals surface area contributed by atoms with Gasteiger partial charge in [-0.15, -0.1) is 0 Å². The molecule has 1 aromatic carbocycles. The van der Waals surface area contributed by atoms with Gasteiger partial charge in [0.15, 0.2) is 17.5 Å². The first-order valence-corrected chi connectivity index (χ1v) is 8.53. The van der Waals surface area contributed by atoms with Crippen LogP contribution in [0.4, 0.5) is 4.39 Å². The van der Waals surface area contributed by atoms with Crippen LogP contribution in [0.1, 0.15) is 19.8 Å². The minimum Gasteiger partial charge on any atom is -0.486 e. The normalized spacial score (nSPS) is 17.5. The van der Waals surface area contributed by atoms with Gasteiger partial charge in [-0.05, 0) is 51.9 Å². The number of hydrogen-bond donors (Lipinski definition) is 2. The van der Waals surface area contributed by atoms with E-state index in [0.29, 0.717) is 12.6 Å². The molecular formula is C18H29FN4O. The van der Waals surface area contributed by atoms with E-state index in [1.807, 2.05) is 6.92 Å². The molecule has 1 aliphatic rings.